The molecule has 0 bridgehead atoms. The van der Waals surface area contributed by atoms with Crippen LogP contribution in [-0.2, 0) is 45.2 Å². The van der Waals surface area contributed by atoms with E-state index < -0.39 is 23.8 Å². The van der Waals surface area contributed by atoms with Crippen LogP contribution in [0.25, 0.3) is 23.3 Å². The van der Waals surface area contributed by atoms with Crippen LogP contribution < -0.4 is 57.2 Å². The highest BCUT2D eigenvalue weighted by atomic mass is 35.5. The summed E-state index contributed by atoms with van der Waals surface area (Å²) in [4.78, 5) is 165. The predicted molar refractivity (Wildman–Crippen MR) is 493 cm³/mol. The fourth-order valence-electron chi connectivity index (χ4n) is 14.2. The third kappa shape index (κ3) is 23.2. The average molecular weight is 1850 g/mol. The lowest BCUT2D eigenvalue weighted by Gasteiger charge is -2.19. The quantitative estimate of drug-likeness (QED) is 0.00986. The minimum atomic E-state index is -1.07. The first-order chi connectivity index (χ1) is 61.3. The Kier molecular flexibility index (Phi) is 35.6. The maximum atomic E-state index is 13.8. The summed E-state index contributed by atoms with van der Waals surface area (Å²) >= 11 is 24.7. The summed E-state index contributed by atoms with van der Waals surface area (Å²) in [5, 5.41) is 21.3. The van der Waals surface area contributed by atoms with Crippen LogP contribution in [0.3, 0.4) is 0 Å². The summed E-state index contributed by atoms with van der Waals surface area (Å²) in [7, 11) is 4.79. The normalized spacial score (nSPS) is 12.8. The zero-order valence-corrected chi connectivity index (χ0v) is 77.8. The van der Waals surface area contributed by atoms with E-state index in [1.165, 1.54) is 27.1 Å². The van der Waals surface area contributed by atoms with Gasteiger partial charge in [0.05, 0.1) is 127 Å². The molecular formula is C87H105Cl4N23O15. The molecule has 0 aromatic carbocycles. The van der Waals surface area contributed by atoms with Crippen LogP contribution in [-0.4, -0.2) is 219 Å². The number of aromatic carboxylic acids is 2. The van der Waals surface area contributed by atoms with Crippen LogP contribution in [0.4, 0.5) is 35.3 Å². The maximum Gasteiger partial charge on any atom is 0.341 e. The van der Waals surface area contributed by atoms with E-state index in [0.29, 0.717) is 121 Å². The number of fused-ring (bicyclic) bond motifs is 3. The monoisotopic (exact) mass is 1850 g/mol. The zero-order chi connectivity index (χ0) is 95.4. The van der Waals surface area contributed by atoms with Gasteiger partial charge in [0.1, 0.15) is 43.7 Å². The molecule has 0 saturated heterocycles. The highest BCUT2D eigenvalue weighted by Gasteiger charge is 2.41. The summed E-state index contributed by atoms with van der Waals surface area (Å²) < 4.78 is 21.2. The molecule has 15 N–H and O–H groups in total. The van der Waals surface area contributed by atoms with Gasteiger partial charge in [-0.1, -0.05) is 74.1 Å². The Morgan fingerprint density at radius 2 is 0.891 bits per heavy atom. The number of hydrogen-bond acceptors (Lipinski definition) is 28. The Morgan fingerprint density at radius 1 is 0.512 bits per heavy atom. The number of carbonyl (C=O) groups excluding carboxylic acids is 7. The molecule has 10 aromatic rings. The summed E-state index contributed by atoms with van der Waals surface area (Å²) in [5.41, 5.74) is 36.6. The van der Waals surface area contributed by atoms with E-state index in [4.69, 9.17) is 93.4 Å². The van der Waals surface area contributed by atoms with Gasteiger partial charge in [-0.2, -0.15) is 15.0 Å². The van der Waals surface area contributed by atoms with Gasteiger partial charge in [-0.15, -0.1) is 0 Å². The van der Waals surface area contributed by atoms with Crippen molar-refractivity contribution in [2.24, 2.45) is 5.73 Å². The molecule has 0 aliphatic carbocycles. The number of aromatic amines is 4. The number of rotatable bonds is 27. The number of carboxylic acid groups (broad SMARTS) is 2. The van der Waals surface area contributed by atoms with Crippen LogP contribution in [0.5, 0.6) is 17.2 Å². The van der Waals surface area contributed by atoms with Gasteiger partial charge in [-0.25, -0.2) is 29.3 Å². The number of halogens is 4. The average Bonchev–Trinajstić information content (AvgIpc) is 1.60. The van der Waals surface area contributed by atoms with Gasteiger partial charge in [-0.3, -0.25) is 58.4 Å². The summed E-state index contributed by atoms with van der Waals surface area (Å²) in [6.07, 6.45) is 14.0. The number of aromatic nitrogens is 13. The van der Waals surface area contributed by atoms with Crippen LogP contribution >= 0.6 is 46.4 Å². The number of carboxylic acids is 2. The lowest BCUT2D eigenvalue weighted by atomic mass is 10.1. The van der Waals surface area contributed by atoms with E-state index in [1.807, 2.05) is 48.5 Å². The number of aldehydes is 2. The third-order valence-electron chi connectivity index (χ3n) is 21.5. The van der Waals surface area contributed by atoms with E-state index in [2.05, 4.69) is 108 Å². The molecule has 0 fully saturated rings. The number of nitrogen functional groups attached to an aromatic ring is 3. The number of ether oxygens (including phenoxy) is 4. The molecule has 42 heteroatoms. The standard InChI is InChI=1S/C28H35ClN8O3.C22H21ClN6O4.C15H16ClN5O2.C9H10ClNO3.C7H7NO3.C6H16N2/c1-7-36(8-2)10-9-31-26(38)19-13-33-20(16(19)4)11-18-22-24(29)34-28(30)35-25(22)37(27(18)39)14-21-17(5)23(40-6)15(3)12-32-21;1-9-6-25-15(11(3)17(9)33-4)8-29-19-16(18(23)27-22(24)28-19)12(20(29)30)5-14-10(2)13(7-26-14)21(31)32;1-7-5-18-10(8(2)12(7)23-3)6-21-11(22)4-9-13(16)19-15(17)20-14(9)21;1-3-14-9(13)7-5(2)6(4-12)11-8(7)10;1-4-5(7(10)11)2-8-6(4)3-9;1-3-8(4-2)6-5-7/h11-13,33H,7-10,14H2,1-6H3,(H,31,38)(H2,30,34,35);5-7,26H,8H2,1-4H3,(H,31,32)(H2,24,27,28);5H,4,6H2,1-3H3,(H2,17,19,20);4,11H,3H2,1-2H3;2-3,8H,1H3,(H,10,11);3-7H2,1-2H3/b18-11-;12-5-;;;;. The fraction of sp³-hybridized carbons (Fsp3) is 0.356. The van der Waals surface area contributed by atoms with Crippen LogP contribution in [0, 0.1) is 69.2 Å². The predicted octanol–water partition coefficient (Wildman–Crippen LogP) is 11.6. The highest BCUT2D eigenvalue weighted by molar-refractivity contribution is 6.42. The topological polar surface area (TPSA) is 542 Å². The van der Waals surface area contributed by atoms with Crippen molar-refractivity contribution in [2.75, 3.05) is 112 Å². The first kappa shape index (κ1) is 101. The van der Waals surface area contributed by atoms with Crippen LogP contribution in [0.2, 0.25) is 20.6 Å². The second-order valence-corrected chi connectivity index (χ2v) is 30.7. The Labute approximate surface area is 764 Å². The van der Waals surface area contributed by atoms with Crippen molar-refractivity contribution in [1.29, 1.82) is 0 Å². The van der Waals surface area contributed by atoms with Gasteiger partial charge >= 0.3 is 17.9 Å². The third-order valence-corrected chi connectivity index (χ3v) is 22.6. The highest BCUT2D eigenvalue weighted by Crippen LogP contribution is 2.45. The van der Waals surface area contributed by atoms with E-state index in [-0.39, 0.29) is 122 Å². The first-order valence-corrected chi connectivity index (χ1v) is 42.0. The molecule has 0 spiro atoms. The molecule has 13 heterocycles. The van der Waals surface area contributed by atoms with E-state index in [0.717, 1.165) is 90.6 Å². The Balaban J connectivity index is 0.000000207. The smallest absolute Gasteiger partial charge is 0.341 e. The molecule has 0 radical (unpaired) electrons. The van der Waals surface area contributed by atoms with E-state index >= 15 is 0 Å². The summed E-state index contributed by atoms with van der Waals surface area (Å²) in [6, 6.07) is 0. The van der Waals surface area contributed by atoms with E-state index in [9.17, 15) is 48.3 Å². The summed E-state index contributed by atoms with van der Waals surface area (Å²) in [5.74, 6) is -0.545. The molecule has 686 valence electrons. The Hall–Kier alpha value is -13.2. The number of anilines is 6. The number of methoxy groups -OCH3 is 3. The van der Waals surface area contributed by atoms with Crippen molar-refractivity contribution >= 4 is 159 Å². The number of aryl methyl sites for hydroxylation is 3. The summed E-state index contributed by atoms with van der Waals surface area (Å²) in [6.45, 7) is 36.3. The van der Waals surface area contributed by atoms with Crippen molar-refractivity contribution in [3.8, 4) is 17.2 Å². The molecular weight excluding hydrogens is 1750 g/mol. The van der Waals surface area contributed by atoms with Crippen molar-refractivity contribution < 1.29 is 72.3 Å². The lowest BCUT2D eigenvalue weighted by molar-refractivity contribution is -0.117. The lowest BCUT2D eigenvalue weighted by Crippen LogP contribution is -2.34. The van der Waals surface area contributed by atoms with Gasteiger partial charge in [0, 0.05) is 114 Å². The number of likely N-dealkylation sites (N-methyl/N-ethyl adjacent to an activating group) is 2. The molecule has 129 heavy (non-hydrogen) atoms. The SMILES string of the molecule is CCN(CC)CCN.CCN(CC)CCNC(=O)c1c[nH]c(/C=C2\C(=O)N(Cc3ncc(C)c(OC)c3C)c3nc(N)nc(Cl)c32)c1C.CCOC(=O)c1c(Cl)[nH]c(C=O)c1C.COc1c(C)cnc(CN2C(=O)/C(=C\c3[nH]cc(C(=O)O)c3C)c3c(Cl)nc(N)nc32)c1C.COc1c(C)cnc(CN2C(=O)Cc3c(Cl)nc(N)nc32)c1C.Cc1c(C(=O)O)c[nH]c1C=O. The van der Waals surface area contributed by atoms with Gasteiger partial charge in [-0.05, 0) is 137 Å². The number of nitrogens with one attached hydrogen (secondary N) is 5. The second kappa shape index (κ2) is 45.5. The van der Waals surface area contributed by atoms with Crippen molar-refractivity contribution in [2.45, 2.75) is 130 Å². The molecule has 38 nitrogen and oxygen atoms in total. The van der Waals surface area contributed by atoms with E-state index in [1.54, 1.807) is 86.0 Å². The number of nitrogens with two attached hydrogens (primary N) is 4. The van der Waals surface area contributed by atoms with Crippen molar-refractivity contribution in [1.82, 2.24) is 79.9 Å². The Bertz CT molecular complexity index is 5950. The largest absolute Gasteiger partial charge is 0.496 e. The Morgan fingerprint density at radius 3 is 1.26 bits per heavy atom. The van der Waals surface area contributed by atoms with Gasteiger partial charge in [0.2, 0.25) is 23.8 Å². The molecule has 0 atom stereocenters. The number of pyridine rings is 3. The van der Waals surface area contributed by atoms with Crippen LogP contribution in [0.15, 0.2) is 37.2 Å². The van der Waals surface area contributed by atoms with Crippen LogP contribution in [0.1, 0.15) is 198 Å². The molecule has 3 aliphatic rings. The number of hydrogen-bond donors (Lipinski definition) is 11. The number of carbonyl (C=O) groups is 9. The zero-order valence-electron chi connectivity index (χ0n) is 74.7. The minimum Gasteiger partial charge on any atom is -0.496 e. The second-order valence-electron chi connectivity index (χ2n) is 29.3. The molecule has 0 saturated carbocycles. The molecule has 0 unspecified atom stereocenters. The fourth-order valence-corrected chi connectivity index (χ4v) is 15.3. The maximum absolute atomic E-state index is 13.8. The van der Waals surface area contributed by atoms with Gasteiger partial charge in [0.15, 0.2) is 24.2 Å². The van der Waals surface area contributed by atoms with Gasteiger partial charge < -0.3 is 87.1 Å². The number of H-pyrrole nitrogens is 4. The van der Waals surface area contributed by atoms with Gasteiger partial charge in [0.25, 0.3) is 17.7 Å². The number of nitrogens with zero attached hydrogens (tertiary/aromatic N) is 14. The van der Waals surface area contributed by atoms with Crippen molar-refractivity contribution in [3.63, 3.8) is 0 Å². The minimum absolute atomic E-state index is 0.0217. The number of amides is 4. The number of esters is 1. The van der Waals surface area contributed by atoms with Crippen molar-refractivity contribution in [3.05, 3.63) is 192 Å². The molecule has 3 aliphatic heterocycles. The molecule has 10 aromatic heterocycles. The molecule has 4 amide bonds. The first-order valence-electron chi connectivity index (χ1n) is 40.5. The molecule has 13 rings (SSSR count).